The third-order valence-electron chi connectivity index (χ3n) is 4.00. The van der Waals surface area contributed by atoms with Crippen molar-refractivity contribution in [2.45, 2.75) is 40.2 Å². The summed E-state index contributed by atoms with van der Waals surface area (Å²) in [7, 11) is 0. The third-order valence-corrected chi connectivity index (χ3v) is 4.00. The molecule has 0 aliphatic rings. The maximum Gasteiger partial charge on any atom is 0.223 e. The third kappa shape index (κ3) is 5.92. The lowest BCUT2D eigenvalue weighted by Crippen LogP contribution is -2.28. The molecule has 1 unspecified atom stereocenters. The molecule has 5 heteroatoms. The van der Waals surface area contributed by atoms with Crippen molar-refractivity contribution in [3.05, 3.63) is 59.2 Å². The number of ether oxygens (including phenoxy) is 1. The normalized spacial score (nSPS) is 11.5. The van der Waals surface area contributed by atoms with Gasteiger partial charge in [-0.25, -0.2) is 0 Å². The molecule has 0 radical (unpaired) electrons. The molecule has 2 amide bonds. The summed E-state index contributed by atoms with van der Waals surface area (Å²) in [5.41, 5.74) is 3.89. The molecule has 2 aromatic rings. The molecule has 0 aliphatic carbocycles. The quantitative estimate of drug-likeness (QED) is 0.792. The Bertz CT molecular complexity index is 787. The highest BCUT2D eigenvalue weighted by Crippen LogP contribution is 2.19. The molecule has 0 fully saturated rings. The number of benzene rings is 2. The second kappa shape index (κ2) is 9.04. The van der Waals surface area contributed by atoms with E-state index in [2.05, 4.69) is 16.7 Å². The Balaban J connectivity index is 1.84. The van der Waals surface area contributed by atoms with Crippen molar-refractivity contribution in [2.75, 3.05) is 11.9 Å². The van der Waals surface area contributed by atoms with E-state index in [-0.39, 0.29) is 24.3 Å². The molecule has 0 aromatic heterocycles. The molecule has 138 valence electrons. The molecule has 0 saturated heterocycles. The lowest BCUT2D eigenvalue weighted by atomic mass is 10.1. The van der Waals surface area contributed by atoms with E-state index in [4.69, 9.17) is 4.74 Å². The lowest BCUT2D eigenvalue weighted by molar-refractivity contribution is -0.122. The molecule has 0 saturated carbocycles. The SMILES string of the molecule is CC(=O)Nc1cccc(C(C)NC(=O)CCOc2ccc(C)cc2C)c1. The van der Waals surface area contributed by atoms with E-state index in [0.717, 1.165) is 16.9 Å². The average Bonchev–Trinajstić information content (AvgIpc) is 2.56. The summed E-state index contributed by atoms with van der Waals surface area (Å²) in [5.74, 6) is 0.606. The fourth-order valence-corrected chi connectivity index (χ4v) is 2.70. The van der Waals surface area contributed by atoms with Crippen molar-refractivity contribution in [2.24, 2.45) is 0 Å². The first-order valence-electron chi connectivity index (χ1n) is 8.72. The monoisotopic (exact) mass is 354 g/mol. The number of anilines is 1. The number of carbonyl (C=O) groups excluding carboxylic acids is 2. The Morgan fingerprint density at radius 1 is 1.12 bits per heavy atom. The second-order valence-corrected chi connectivity index (χ2v) is 6.46. The molecular formula is C21H26N2O3. The van der Waals surface area contributed by atoms with Crippen LogP contribution < -0.4 is 15.4 Å². The molecule has 5 nitrogen and oxygen atoms in total. The summed E-state index contributed by atoms with van der Waals surface area (Å²) in [6.07, 6.45) is 0.281. The molecule has 0 heterocycles. The van der Waals surface area contributed by atoms with Gasteiger partial charge in [-0.3, -0.25) is 9.59 Å². The van der Waals surface area contributed by atoms with Gasteiger partial charge in [-0.1, -0.05) is 29.8 Å². The van der Waals surface area contributed by atoms with Gasteiger partial charge >= 0.3 is 0 Å². The van der Waals surface area contributed by atoms with Crippen LogP contribution in [0.5, 0.6) is 5.75 Å². The first-order chi connectivity index (χ1) is 12.3. The van der Waals surface area contributed by atoms with E-state index in [1.165, 1.54) is 12.5 Å². The Morgan fingerprint density at radius 3 is 2.58 bits per heavy atom. The van der Waals surface area contributed by atoms with Gasteiger partial charge in [0.05, 0.1) is 19.1 Å². The minimum absolute atomic E-state index is 0.0767. The van der Waals surface area contributed by atoms with Crippen molar-refractivity contribution in [1.29, 1.82) is 0 Å². The predicted molar refractivity (Wildman–Crippen MR) is 103 cm³/mol. The first kappa shape index (κ1) is 19.5. The number of aryl methyl sites for hydroxylation is 2. The summed E-state index contributed by atoms with van der Waals surface area (Å²) in [4.78, 5) is 23.3. The van der Waals surface area contributed by atoms with Crippen molar-refractivity contribution in [1.82, 2.24) is 5.32 Å². The van der Waals surface area contributed by atoms with Crippen molar-refractivity contribution >= 4 is 17.5 Å². The van der Waals surface area contributed by atoms with Gasteiger partial charge in [0.15, 0.2) is 0 Å². The van der Waals surface area contributed by atoms with Crippen LogP contribution in [0.4, 0.5) is 5.69 Å². The van der Waals surface area contributed by atoms with Crippen LogP contribution in [-0.2, 0) is 9.59 Å². The highest BCUT2D eigenvalue weighted by molar-refractivity contribution is 5.88. The van der Waals surface area contributed by atoms with Crippen molar-refractivity contribution < 1.29 is 14.3 Å². The zero-order chi connectivity index (χ0) is 19.1. The lowest BCUT2D eigenvalue weighted by Gasteiger charge is -2.16. The fraction of sp³-hybridized carbons (Fsp3) is 0.333. The standard InChI is InChI=1S/C21H26N2O3/c1-14-8-9-20(15(2)12-14)26-11-10-21(25)22-16(3)18-6-5-7-19(13-18)23-17(4)24/h5-9,12-13,16H,10-11H2,1-4H3,(H,22,25)(H,23,24). The van der Waals surface area contributed by atoms with E-state index in [1.807, 2.05) is 57.2 Å². The van der Waals surface area contributed by atoms with Crippen LogP contribution >= 0.6 is 0 Å². The number of hydrogen-bond acceptors (Lipinski definition) is 3. The smallest absolute Gasteiger partial charge is 0.223 e. The first-order valence-corrected chi connectivity index (χ1v) is 8.72. The van der Waals surface area contributed by atoms with Crippen molar-refractivity contribution in [3.63, 3.8) is 0 Å². The Morgan fingerprint density at radius 2 is 1.88 bits per heavy atom. The predicted octanol–water partition coefficient (Wildman–Crippen LogP) is 3.91. The molecule has 0 spiro atoms. The maximum absolute atomic E-state index is 12.2. The molecule has 2 N–H and O–H groups in total. The Labute approximate surface area is 154 Å². The molecule has 1 atom stereocenters. The van der Waals surface area contributed by atoms with Gasteiger partial charge in [-0.15, -0.1) is 0 Å². The minimum atomic E-state index is -0.155. The van der Waals surface area contributed by atoms with Gasteiger partial charge < -0.3 is 15.4 Å². The highest BCUT2D eigenvalue weighted by atomic mass is 16.5. The van der Waals surface area contributed by atoms with E-state index in [9.17, 15) is 9.59 Å². The number of carbonyl (C=O) groups is 2. The zero-order valence-corrected chi connectivity index (χ0v) is 15.8. The largest absolute Gasteiger partial charge is 0.493 e. The maximum atomic E-state index is 12.2. The van der Waals surface area contributed by atoms with Crippen LogP contribution in [0.15, 0.2) is 42.5 Å². The molecule has 26 heavy (non-hydrogen) atoms. The molecule has 0 bridgehead atoms. The molecule has 2 aromatic carbocycles. The molecular weight excluding hydrogens is 328 g/mol. The topological polar surface area (TPSA) is 67.4 Å². The van der Waals surface area contributed by atoms with Gasteiger partial charge in [-0.2, -0.15) is 0 Å². The van der Waals surface area contributed by atoms with Crippen LogP contribution in [0.25, 0.3) is 0 Å². The van der Waals surface area contributed by atoms with E-state index in [0.29, 0.717) is 12.3 Å². The summed E-state index contributed by atoms with van der Waals surface area (Å²) in [6, 6.07) is 13.3. The fourth-order valence-electron chi connectivity index (χ4n) is 2.70. The Kier molecular flexibility index (Phi) is 6.78. The van der Waals surface area contributed by atoms with Crippen LogP contribution in [0.2, 0.25) is 0 Å². The van der Waals surface area contributed by atoms with E-state index < -0.39 is 0 Å². The zero-order valence-electron chi connectivity index (χ0n) is 15.8. The minimum Gasteiger partial charge on any atom is -0.493 e. The van der Waals surface area contributed by atoms with Crippen LogP contribution in [-0.4, -0.2) is 18.4 Å². The highest BCUT2D eigenvalue weighted by Gasteiger charge is 2.11. The van der Waals surface area contributed by atoms with Gasteiger partial charge in [0, 0.05) is 12.6 Å². The summed E-state index contributed by atoms with van der Waals surface area (Å²) >= 11 is 0. The van der Waals surface area contributed by atoms with E-state index >= 15 is 0 Å². The van der Waals surface area contributed by atoms with Crippen LogP contribution in [0.3, 0.4) is 0 Å². The van der Waals surface area contributed by atoms with Gasteiger partial charge in [0.25, 0.3) is 0 Å². The molecule has 2 rings (SSSR count). The van der Waals surface area contributed by atoms with Crippen molar-refractivity contribution in [3.8, 4) is 5.75 Å². The summed E-state index contributed by atoms with van der Waals surface area (Å²) < 4.78 is 5.70. The number of nitrogens with one attached hydrogen (secondary N) is 2. The van der Waals surface area contributed by atoms with Gasteiger partial charge in [0.1, 0.15) is 5.75 Å². The van der Waals surface area contributed by atoms with Crippen LogP contribution in [0, 0.1) is 13.8 Å². The summed E-state index contributed by atoms with van der Waals surface area (Å²) in [5, 5.41) is 5.70. The Hall–Kier alpha value is -2.82. The second-order valence-electron chi connectivity index (χ2n) is 6.46. The van der Waals surface area contributed by atoms with Gasteiger partial charge in [0.2, 0.25) is 11.8 Å². The number of amides is 2. The van der Waals surface area contributed by atoms with E-state index in [1.54, 1.807) is 0 Å². The van der Waals surface area contributed by atoms with Gasteiger partial charge in [-0.05, 0) is 50.1 Å². The molecule has 0 aliphatic heterocycles. The number of rotatable bonds is 7. The number of hydrogen-bond donors (Lipinski definition) is 2. The summed E-state index contributed by atoms with van der Waals surface area (Å²) in [6.45, 7) is 7.73. The van der Waals surface area contributed by atoms with Crippen LogP contribution in [0.1, 0.15) is 43.0 Å². The average molecular weight is 354 g/mol.